The molecule has 2 unspecified atom stereocenters. The molecule has 0 amide bonds. The van der Waals surface area contributed by atoms with Crippen LogP contribution in [0.1, 0.15) is 19.8 Å². The molecule has 2 aromatic rings. The van der Waals surface area contributed by atoms with E-state index < -0.39 is 0 Å². The Balaban J connectivity index is 1.81. The van der Waals surface area contributed by atoms with E-state index in [4.69, 9.17) is 10.5 Å². The van der Waals surface area contributed by atoms with Crippen molar-refractivity contribution in [2.45, 2.75) is 25.9 Å². The Morgan fingerprint density at radius 1 is 1.52 bits per heavy atom. The topological polar surface area (TPSA) is 93.0 Å². The number of nitrogens with zero attached hydrogens (tertiary/aromatic N) is 1. The molecule has 1 aliphatic rings. The van der Waals surface area contributed by atoms with Crippen LogP contribution in [0, 0.1) is 5.92 Å². The van der Waals surface area contributed by atoms with Crippen molar-refractivity contribution in [2.24, 2.45) is 5.92 Å². The molecule has 1 saturated heterocycles. The number of nitrogen functional groups attached to an aromatic ring is 1. The second-order valence-corrected chi connectivity index (χ2v) is 5.44. The number of aromatic amines is 1. The second kappa shape index (κ2) is 5.73. The summed E-state index contributed by atoms with van der Waals surface area (Å²) in [5, 5.41) is 3.88. The third-order valence-corrected chi connectivity index (χ3v) is 4.12. The molecule has 3 rings (SSSR count). The van der Waals surface area contributed by atoms with Crippen molar-refractivity contribution in [1.29, 1.82) is 0 Å². The Morgan fingerprint density at radius 2 is 2.38 bits per heavy atom. The maximum Gasteiger partial charge on any atom is 0.258 e. The SMILES string of the molecule is CCC1OCCC1CNc1cc2nc[nH]c(=O)c2cc1N. The van der Waals surface area contributed by atoms with E-state index in [-0.39, 0.29) is 5.56 Å². The summed E-state index contributed by atoms with van der Waals surface area (Å²) in [6.07, 6.45) is 3.82. The maximum atomic E-state index is 11.7. The van der Waals surface area contributed by atoms with Gasteiger partial charge in [0.25, 0.3) is 5.56 Å². The van der Waals surface area contributed by atoms with Crippen molar-refractivity contribution < 1.29 is 4.74 Å². The van der Waals surface area contributed by atoms with E-state index in [1.165, 1.54) is 6.33 Å². The Kier molecular flexibility index (Phi) is 3.79. The lowest BCUT2D eigenvalue weighted by Crippen LogP contribution is -2.23. The normalized spacial score (nSPS) is 21.8. The molecule has 1 aromatic heterocycles. The number of nitrogens with one attached hydrogen (secondary N) is 2. The van der Waals surface area contributed by atoms with Crippen molar-refractivity contribution in [3.8, 4) is 0 Å². The summed E-state index contributed by atoms with van der Waals surface area (Å²) >= 11 is 0. The molecule has 0 radical (unpaired) electrons. The number of anilines is 2. The van der Waals surface area contributed by atoms with Gasteiger partial charge in [0.15, 0.2) is 0 Å². The van der Waals surface area contributed by atoms with Gasteiger partial charge in [-0.3, -0.25) is 4.79 Å². The molecule has 4 N–H and O–H groups in total. The van der Waals surface area contributed by atoms with Crippen molar-refractivity contribution in [2.75, 3.05) is 24.2 Å². The second-order valence-electron chi connectivity index (χ2n) is 5.44. The number of nitrogens with two attached hydrogens (primary N) is 1. The maximum absolute atomic E-state index is 11.7. The van der Waals surface area contributed by atoms with E-state index >= 15 is 0 Å². The zero-order valence-electron chi connectivity index (χ0n) is 12.1. The van der Waals surface area contributed by atoms with Crippen LogP contribution in [0.5, 0.6) is 0 Å². The van der Waals surface area contributed by atoms with Crippen molar-refractivity contribution in [1.82, 2.24) is 9.97 Å². The smallest absolute Gasteiger partial charge is 0.258 e. The van der Waals surface area contributed by atoms with Gasteiger partial charge in [0.2, 0.25) is 0 Å². The highest BCUT2D eigenvalue weighted by atomic mass is 16.5. The Labute approximate surface area is 122 Å². The van der Waals surface area contributed by atoms with Gasteiger partial charge in [-0.2, -0.15) is 0 Å². The van der Waals surface area contributed by atoms with Gasteiger partial charge in [-0.05, 0) is 25.0 Å². The Hall–Kier alpha value is -2.08. The summed E-state index contributed by atoms with van der Waals surface area (Å²) in [7, 11) is 0. The summed E-state index contributed by atoms with van der Waals surface area (Å²) < 4.78 is 5.69. The Morgan fingerprint density at radius 3 is 3.19 bits per heavy atom. The van der Waals surface area contributed by atoms with Gasteiger partial charge in [0, 0.05) is 19.1 Å². The van der Waals surface area contributed by atoms with Crippen LogP contribution in [-0.4, -0.2) is 29.2 Å². The van der Waals surface area contributed by atoms with Gasteiger partial charge in [0.1, 0.15) is 0 Å². The molecule has 112 valence electrons. The van der Waals surface area contributed by atoms with Gasteiger partial charge < -0.3 is 20.8 Å². The first-order valence-electron chi connectivity index (χ1n) is 7.31. The van der Waals surface area contributed by atoms with Crippen LogP contribution in [0.3, 0.4) is 0 Å². The van der Waals surface area contributed by atoms with E-state index in [1.807, 2.05) is 6.07 Å². The highest BCUT2D eigenvalue weighted by Crippen LogP contribution is 2.27. The van der Waals surface area contributed by atoms with E-state index in [0.717, 1.165) is 31.7 Å². The number of hydrogen-bond donors (Lipinski definition) is 3. The molecule has 1 aliphatic heterocycles. The molecule has 1 aromatic carbocycles. The minimum Gasteiger partial charge on any atom is -0.397 e. The molecular weight excluding hydrogens is 268 g/mol. The monoisotopic (exact) mass is 288 g/mol. The number of fused-ring (bicyclic) bond motifs is 1. The third kappa shape index (κ3) is 2.71. The molecule has 0 spiro atoms. The number of ether oxygens (including phenoxy) is 1. The van der Waals surface area contributed by atoms with E-state index in [0.29, 0.717) is 28.6 Å². The van der Waals surface area contributed by atoms with Crippen LogP contribution in [-0.2, 0) is 4.74 Å². The van der Waals surface area contributed by atoms with Gasteiger partial charge in [-0.15, -0.1) is 0 Å². The summed E-state index contributed by atoms with van der Waals surface area (Å²) in [5.74, 6) is 0.497. The lowest BCUT2D eigenvalue weighted by Gasteiger charge is -2.18. The standard InChI is InChI=1S/C15H20N4O2/c1-2-14-9(3-4-21-14)7-17-13-6-12-10(5-11(13)16)15(20)19-8-18-12/h5-6,8-9,14,17H,2-4,7,16H2,1H3,(H,18,19,20). The molecule has 2 heterocycles. The summed E-state index contributed by atoms with van der Waals surface area (Å²) in [4.78, 5) is 18.4. The molecule has 0 saturated carbocycles. The minimum atomic E-state index is -0.173. The number of benzene rings is 1. The van der Waals surface area contributed by atoms with E-state index in [2.05, 4.69) is 22.2 Å². The van der Waals surface area contributed by atoms with Gasteiger partial charge in [-0.1, -0.05) is 6.92 Å². The van der Waals surface area contributed by atoms with Crippen LogP contribution in [0.4, 0.5) is 11.4 Å². The predicted molar refractivity (Wildman–Crippen MR) is 83.4 cm³/mol. The van der Waals surface area contributed by atoms with Crippen molar-refractivity contribution in [3.63, 3.8) is 0 Å². The number of hydrogen-bond acceptors (Lipinski definition) is 5. The fourth-order valence-corrected chi connectivity index (χ4v) is 2.90. The highest BCUT2D eigenvalue weighted by molar-refractivity contribution is 5.88. The van der Waals surface area contributed by atoms with E-state index in [9.17, 15) is 4.79 Å². The van der Waals surface area contributed by atoms with Crippen LogP contribution < -0.4 is 16.6 Å². The Bertz CT molecular complexity index is 698. The van der Waals surface area contributed by atoms with Crippen LogP contribution >= 0.6 is 0 Å². The average Bonchev–Trinajstić information content (AvgIpc) is 2.94. The van der Waals surface area contributed by atoms with Crippen LogP contribution in [0.15, 0.2) is 23.3 Å². The fourth-order valence-electron chi connectivity index (χ4n) is 2.90. The first-order chi connectivity index (χ1) is 10.2. The summed E-state index contributed by atoms with van der Waals surface area (Å²) in [5.41, 5.74) is 7.89. The molecule has 6 heteroatoms. The largest absolute Gasteiger partial charge is 0.397 e. The lowest BCUT2D eigenvalue weighted by atomic mass is 9.99. The molecule has 21 heavy (non-hydrogen) atoms. The van der Waals surface area contributed by atoms with Crippen molar-refractivity contribution in [3.05, 3.63) is 28.8 Å². The zero-order chi connectivity index (χ0) is 14.8. The van der Waals surface area contributed by atoms with Crippen molar-refractivity contribution >= 4 is 22.3 Å². The van der Waals surface area contributed by atoms with Crippen LogP contribution in [0.2, 0.25) is 0 Å². The number of rotatable bonds is 4. The molecular formula is C15H20N4O2. The first-order valence-corrected chi connectivity index (χ1v) is 7.31. The highest BCUT2D eigenvalue weighted by Gasteiger charge is 2.26. The molecule has 6 nitrogen and oxygen atoms in total. The summed E-state index contributed by atoms with van der Waals surface area (Å²) in [6, 6.07) is 3.50. The van der Waals surface area contributed by atoms with Gasteiger partial charge in [-0.25, -0.2) is 4.98 Å². The molecule has 1 fully saturated rings. The molecule has 0 aliphatic carbocycles. The van der Waals surface area contributed by atoms with Gasteiger partial charge >= 0.3 is 0 Å². The molecule has 0 bridgehead atoms. The quantitative estimate of drug-likeness (QED) is 0.745. The zero-order valence-corrected chi connectivity index (χ0v) is 12.1. The first kappa shape index (κ1) is 13.9. The average molecular weight is 288 g/mol. The predicted octanol–water partition coefficient (Wildman–Crippen LogP) is 1.73. The van der Waals surface area contributed by atoms with Gasteiger partial charge in [0.05, 0.1) is 34.7 Å². The number of aromatic nitrogens is 2. The van der Waals surface area contributed by atoms with E-state index in [1.54, 1.807) is 6.07 Å². The van der Waals surface area contributed by atoms with Crippen LogP contribution in [0.25, 0.3) is 10.9 Å². The fraction of sp³-hybridized carbons (Fsp3) is 0.467. The number of H-pyrrole nitrogens is 1. The lowest BCUT2D eigenvalue weighted by molar-refractivity contribution is 0.0900. The minimum absolute atomic E-state index is 0.173. The molecule has 2 atom stereocenters. The summed E-state index contributed by atoms with van der Waals surface area (Å²) in [6.45, 7) is 3.79. The third-order valence-electron chi connectivity index (χ3n) is 4.12.